The van der Waals surface area contributed by atoms with Crippen LogP contribution >= 0.6 is 0 Å². The number of nitrogens with zero attached hydrogens (tertiary/aromatic N) is 3. The highest BCUT2D eigenvalue weighted by Gasteiger charge is 2.32. The zero-order valence-corrected chi connectivity index (χ0v) is 16.6. The third-order valence-electron chi connectivity index (χ3n) is 6.40. The highest BCUT2D eigenvalue weighted by atomic mass is 16.2. The van der Waals surface area contributed by atoms with Gasteiger partial charge in [-0.15, -0.1) is 0 Å². The Kier molecular flexibility index (Phi) is 6.19. The fourth-order valence-corrected chi connectivity index (χ4v) is 4.75. The number of aromatic nitrogens is 2. The van der Waals surface area contributed by atoms with Gasteiger partial charge in [-0.3, -0.25) is 23.6 Å². The molecule has 0 bridgehead atoms. The molecule has 0 aromatic carbocycles. The molecule has 1 heterocycles. The van der Waals surface area contributed by atoms with E-state index in [9.17, 15) is 14.4 Å². The molecule has 1 aromatic rings. The molecule has 150 valence electrons. The number of ketones is 1. The van der Waals surface area contributed by atoms with Crippen LogP contribution in [0.1, 0.15) is 74.6 Å². The second kappa shape index (κ2) is 8.42. The van der Waals surface area contributed by atoms with Crippen LogP contribution in [0.2, 0.25) is 0 Å². The lowest BCUT2D eigenvalue weighted by Gasteiger charge is -2.41. The summed E-state index contributed by atoms with van der Waals surface area (Å²) in [7, 11) is 2.88. The monoisotopic (exact) mass is 376 g/mol. The molecule has 2 fully saturated rings. The minimum Gasteiger partial charge on any atom is -0.384 e. The third kappa shape index (κ3) is 4.03. The van der Waals surface area contributed by atoms with Gasteiger partial charge in [-0.25, -0.2) is 4.79 Å². The van der Waals surface area contributed by atoms with Crippen molar-refractivity contribution in [2.24, 2.45) is 14.1 Å². The number of hydrogen-bond donors (Lipinski definition) is 1. The van der Waals surface area contributed by atoms with E-state index in [1.165, 1.54) is 57.2 Å². The topological polar surface area (TPSA) is 90.3 Å². The van der Waals surface area contributed by atoms with Crippen molar-refractivity contribution in [1.82, 2.24) is 14.0 Å². The van der Waals surface area contributed by atoms with E-state index in [2.05, 4.69) is 4.90 Å². The van der Waals surface area contributed by atoms with Crippen LogP contribution in [0.5, 0.6) is 0 Å². The van der Waals surface area contributed by atoms with E-state index in [0.717, 1.165) is 30.3 Å². The van der Waals surface area contributed by atoms with Gasteiger partial charge < -0.3 is 5.73 Å². The molecule has 0 radical (unpaired) electrons. The third-order valence-corrected chi connectivity index (χ3v) is 6.40. The Labute approximate surface area is 160 Å². The quantitative estimate of drug-likeness (QED) is 0.792. The van der Waals surface area contributed by atoms with Gasteiger partial charge in [0.2, 0.25) is 0 Å². The SMILES string of the molecule is Cn1c(N)c(C(=O)CN(C2CCCCC2)C2CCCCC2)c(=O)n(C)c1=O. The first-order valence-electron chi connectivity index (χ1n) is 10.3. The van der Waals surface area contributed by atoms with Crippen LogP contribution in [0.25, 0.3) is 0 Å². The molecule has 7 nitrogen and oxygen atoms in total. The molecular weight excluding hydrogens is 344 g/mol. The maximum absolute atomic E-state index is 13.1. The molecule has 3 rings (SSSR count). The molecule has 2 saturated carbocycles. The lowest BCUT2D eigenvalue weighted by molar-refractivity contribution is 0.0643. The summed E-state index contributed by atoms with van der Waals surface area (Å²) in [6.07, 6.45) is 11.8. The summed E-state index contributed by atoms with van der Waals surface area (Å²) in [5.41, 5.74) is 4.85. The predicted molar refractivity (Wildman–Crippen MR) is 106 cm³/mol. The largest absolute Gasteiger partial charge is 0.384 e. The Hall–Kier alpha value is -1.89. The summed E-state index contributed by atoms with van der Waals surface area (Å²) >= 11 is 0. The molecule has 0 spiro atoms. The van der Waals surface area contributed by atoms with Crippen molar-refractivity contribution in [3.8, 4) is 0 Å². The van der Waals surface area contributed by atoms with Crippen LogP contribution in [0, 0.1) is 0 Å². The van der Waals surface area contributed by atoms with Gasteiger partial charge in [-0.05, 0) is 25.7 Å². The molecule has 0 unspecified atom stereocenters. The van der Waals surface area contributed by atoms with Crippen LogP contribution in [-0.2, 0) is 14.1 Å². The molecule has 1 aromatic heterocycles. The van der Waals surface area contributed by atoms with Gasteiger partial charge in [-0.1, -0.05) is 38.5 Å². The first kappa shape index (κ1) is 19.9. The average Bonchev–Trinajstić information content (AvgIpc) is 2.70. The first-order valence-corrected chi connectivity index (χ1v) is 10.3. The molecule has 0 aliphatic heterocycles. The van der Waals surface area contributed by atoms with Crippen LogP contribution in [-0.4, -0.2) is 38.4 Å². The molecule has 7 heteroatoms. The summed E-state index contributed by atoms with van der Waals surface area (Å²) < 4.78 is 2.15. The van der Waals surface area contributed by atoms with Crippen molar-refractivity contribution >= 4 is 11.6 Å². The van der Waals surface area contributed by atoms with E-state index in [1.807, 2.05) is 0 Å². The second-order valence-electron chi connectivity index (χ2n) is 8.15. The van der Waals surface area contributed by atoms with Crippen LogP contribution < -0.4 is 17.0 Å². The molecule has 0 amide bonds. The highest BCUT2D eigenvalue weighted by Crippen LogP contribution is 2.30. The van der Waals surface area contributed by atoms with E-state index in [1.54, 1.807) is 0 Å². The van der Waals surface area contributed by atoms with Gasteiger partial charge in [0.25, 0.3) is 5.56 Å². The zero-order chi connectivity index (χ0) is 19.6. The summed E-state index contributed by atoms with van der Waals surface area (Å²) in [6.45, 7) is 0.215. The number of carbonyl (C=O) groups is 1. The molecule has 2 aliphatic carbocycles. The van der Waals surface area contributed by atoms with Gasteiger partial charge in [0.15, 0.2) is 5.78 Å². The lowest BCUT2D eigenvalue weighted by atomic mass is 9.88. The zero-order valence-electron chi connectivity index (χ0n) is 16.6. The van der Waals surface area contributed by atoms with Crippen molar-refractivity contribution < 1.29 is 4.79 Å². The molecule has 27 heavy (non-hydrogen) atoms. The maximum atomic E-state index is 13.1. The van der Waals surface area contributed by atoms with Gasteiger partial charge in [0.1, 0.15) is 11.4 Å². The Balaban J connectivity index is 1.90. The number of carbonyl (C=O) groups excluding carboxylic acids is 1. The fourth-order valence-electron chi connectivity index (χ4n) is 4.75. The van der Waals surface area contributed by atoms with Crippen molar-refractivity contribution in [3.05, 3.63) is 26.4 Å². The van der Waals surface area contributed by atoms with E-state index < -0.39 is 11.2 Å². The minimum atomic E-state index is -0.590. The number of rotatable bonds is 5. The van der Waals surface area contributed by atoms with E-state index in [0.29, 0.717) is 12.1 Å². The maximum Gasteiger partial charge on any atom is 0.332 e. The number of Topliss-reactive ketones (excluding diaryl/α,β-unsaturated/α-hetero) is 1. The van der Waals surface area contributed by atoms with Crippen LogP contribution in [0.4, 0.5) is 5.82 Å². The Morgan fingerprint density at radius 3 is 1.89 bits per heavy atom. The predicted octanol–water partition coefficient (Wildman–Crippen LogP) is 1.82. The number of anilines is 1. The summed E-state index contributed by atoms with van der Waals surface area (Å²) in [4.78, 5) is 40.1. The molecule has 2 aliphatic rings. The van der Waals surface area contributed by atoms with Crippen molar-refractivity contribution in [1.29, 1.82) is 0 Å². The second-order valence-corrected chi connectivity index (χ2v) is 8.15. The average molecular weight is 377 g/mol. The lowest BCUT2D eigenvalue weighted by Crippen LogP contribution is -2.49. The summed E-state index contributed by atoms with van der Waals surface area (Å²) in [5, 5.41) is 0. The van der Waals surface area contributed by atoms with Gasteiger partial charge in [-0.2, -0.15) is 0 Å². The molecule has 0 atom stereocenters. The van der Waals surface area contributed by atoms with E-state index in [-0.39, 0.29) is 23.7 Å². The van der Waals surface area contributed by atoms with Crippen molar-refractivity contribution in [3.63, 3.8) is 0 Å². The molecule has 0 saturated heterocycles. The Morgan fingerprint density at radius 2 is 1.41 bits per heavy atom. The smallest absolute Gasteiger partial charge is 0.332 e. The molecular formula is C20H32N4O3. The van der Waals surface area contributed by atoms with Gasteiger partial charge in [0, 0.05) is 26.2 Å². The van der Waals surface area contributed by atoms with Gasteiger partial charge >= 0.3 is 5.69 Å². The number of nitrogen functional groups attached to an aromatic ring is 1. The summed E-state index contributed by atoms with van der Waals surface area (Å²) in [6, 6.07) is 0.812. The normalized spacial score (nSPS) is 19.5. The fraction of sp³-hybridized carbons (Fsp3) is 0.750. The van der Waals surface area contributed by atoms with Crippen LogP contribution in [0.15, 0.2) is 9.59 Å². The van der Waals surface area contributed by atoms with Crippen molar-refractivity contribution in [2.45, 2.75) is 76.3 Å². The standard InChI is InChI=1S/C20H32N4O3/c1-22-18(21)17(19(26)23(2)20(22)27)16(25)13-24(14-9-5-3-6-10-14)15-11-7-4-8-12-15/h14-15H,3-13,21H2,1-2H3. The van der Waals surface area contributed by atoms with Gasteiger partial charge in [0.05, 0.1) is 6.54 Å². The van der Waals surface area contributed by atoms with Crippen LogP contribution in [0.3, 0.4) is 0 Å². The Morgan fingerprint density at radius 1 is 0.926 bits per heavy atom. The van der Waals surface area contributed by atoms with Crippen molar-refractivity contribution in [2.75, 3.05) is 12.3 Å². The van der Waals surface area contributed by atoms with E-state index >= 15 is 0 Å². The number of nitrogens with two attached hydrogens (primary N) is 1. The minimum absolute atomic E-state index is 0.0275. The number of hydrogen-bond acceptors (Lipinski definition) is 5. The van der Waals surface area contributed by atoms with E-state index in [4.69, 9.17) is 5.73 Å². The Bertz CT molecular complexity index is 781. The molecule has 2 N–H and O–H groups in total. The summed E-state index contributed by atoms with van der Waals surface area (Å²) in [5.74, 6) is -0.291. The first-order chi connectivity index (χ1) is 12.9. The highest BCUT2D eigenvalue weighted by molar-refractivity contribution is 6.01.